The number of aryl methyl sites for hydroxylation is 2. The van der Waals surface area contributed by atoms with E-state index in [1.807, 2.05) is 32.0 Å². The molecule has 0 bridgehead atoms. The number of nitrogens with one attached hydrogen (secondary N) is 1. The fourth-order valence-electron chi connectivity index (χ4n) is 2.45. The molecule has 1 unspecified atom stereocenters. The summed E-state index contributed by atoms with van der Waals surface area (Å²) in [5.41, 5.74) is 7.42. The number of benzene rings is 1. The van der Waals surface area contributed by atoms with Gasteiger partial charge in [0.2, 0.25) is 0 Å². The molecule has 1 aromatic heterocycles. The maximum absolute atomic E-state index is 12.7. The summed E-state index contributed by atoms with van der Waals surface area (Å²) in [7, 11) is 2.75. The lowest BCUT2D eigenvalue weighted by Gasteiger charge is -2.17. The van der Waals surface area contributed by atoms with Gasteiger partial charge >= 0.3 is 5.69 Å². The predicted molar refractivity (Wildman–Crippen MR) is 94.7 cm³/mol. The number of hydrogen-bond donors (Lipinski definition) is 2. The lowest BCUT2D eigenvalue weighted by Crippen LogP contribution is -2.43. The number of nitrogens with two attached hydrogens (primary N) is 1. The molecule has 2 rings (SSSR count). The highest BCUT2D eigenvalue weighted by atomic mass is 16.2. The highest BCUT2D eigenvalue weighted by Crippen LogP contribution is 2.16. The van der Waals surface area contributed by atoms with Gasteiger partial charge in [-0.05, 0) is 44.0 Å². The number of nitrogen functional groups attached to an aromatic ring is 1. The molecule has 0 aliphatic carbocycles. The van der Waals surface area contributed by atoms with E-state index >= 15 is 0 Å². The van der Waals surface area contributed by atoms with Crippen LogP contribution in [0.5, 0.6) is 0 Å². The van der Waals surface area contributed by atoms with E-state index in [2.05, 4.69) is 5.32 Å². The van der Waals surface area contributed by atoms with E-state index in [1.54, 1.807) is 6.92 Å². The van der Waals surface area contributed by atoms with E-state index in [0.717, 1.165) is 25.9 Å². The van der Waals surface area contributed by atoms with Gasteiger partial charge in [0.25, 0.3) is 5.56 Å². The van der Waals surface area contributed by atoms with Crippen LogP contribution in [0.3, 0.4) is 0 Å². The lowest BCUT2D eigenvalue weighted by atomic mass is 10.1. The third kappa shape index (κ3) is 2.97. The molecule has 0 aliphatic rings. The van der Waals surface area contributed by atoms with Crippen molar-refractivity contribution < 1.29 is 4.79 Å². The van der Waals surface area contributed by atoms with E-state index in [-0.39, 0.29) is 11.4 Å². The summed E-state index contributed by atoms with van der Waals surface area (Å²) < 4.78 is 1.98. The first-order valence-corrected chi connectivity index (χ1v) is 7.58. The summed E-state index contributed by atoms with van der Waals surface area (Å²) in [5, 5.41) is 3.08. The normalized spacial score (nSPS) is 12.0. The summed E-state index contributed by atoms with van der Waals surface area (Å²) in [5.74, 6) is -0.580. The first-order valence-electron chi connectivity index (χ1n) is 7.58. The number of rotatable bonds is 4. The zero-order chi connectivity index (χ0) is 18.2. The number of anilines is 2. The molecule has 7 heteroatoms. The summed E-state index contributed by atoms with van der Waals surface area (Å²) >= 11 is 0. The van der Waals surface area contributed by atoms with Gasteiger partial charge in [0.05, 0.1) is 6.04 Å². The number of nitrogens with zero attached hydrogens (tertiary/aromatic N) is 2. The Bertz CT molecular complexity index is 925. The Morgan fingerprint density at radius 1 is 1.12 bits per heavy atom. The van der Waals surface area contributed by atoms with Crippen molar-refractivity contribution in [3.8, 4) is 0 Å². The fourth-order valence-corrected chi connectivity index (χ4v) is 2.45. The van der Waals surface area contributed by atoms with Crippen LogP contribution in [0.1, 0.15) is 28.4 Å². The minimum absolute atomic E-state index is 0.123. The molecule has 2 aromatic rings. The average Bonchev–Trinajstić information content (AvgIpc) is 2.54. The average molecular weight is 330 g/mol. The third-order valence-electron chi connectivity index (χ3n) is 4.24. The Morgan fingerprint density at radius 2 is 1.75 bits per heavy atom. The van der Waals surface area contributed by atoms with Gasteiger partial charge in [0.15, 0.2) is 5.78 Å². The molecule has 0 radical (unpaired) electrons. The van der Waals surface area contributed by atoms with Crippen LogP contribution in [0.15, 0.2) is 27.8 Å². The van der Waals surface area contributed by atoms with Crippen LogP contribution in [0, 0.1) is 13.8 Å². The summed E-state index contributed by atoms with van der Waals surface area (Å²) in [6, 6.07) is 5.09. The largest absolute Gasteiger partial charge is 0.384 e. The maximum Gasteiger partial charge on any atom is 0.332 e. The molecule has 128 valence electrons. The number of ketones is 1. The second kappa shape index (κ2) is 6.35. The number of carbonyl (C=O) groups is 1. The Labute approximate surface area is 139 Å². The van der Waals surface area contributed by atoms with Gasteiger partial charge in [-0.25, -0.2) is 4.79 Å². The van der Waals surface area contributed by atoms with Crippen LogP contribution in [0.4, 0.5) is 11.5 Å². The van der Waals surface area contributed by atoms with Crippen molar-refractivity contribution in [1.29, 1.82) is 0 Å². The van der Waals surface area contributed by atoms with Crippen LogP contribution in [-0.4, -0.2) is 21.0 Å². The standard InChI is InChI=1S/C17H22N4O3/c1-9-6-7-12(8-10(9)2)19-11(3)14(22)13-15(18)20(4)17(24)21(5)16(13)23/h6-8,11,19H,18H2,1-5H3. The zero-order valence-electron chi connectivity index (χ0n) is 14.5. The molecular weight excluding hydrogens is 308 g/mol. The van der Waals surface area contributed by atoms with E-state index < -0.39 is 23.1 Å². The van der Waals surface area contributed by atoms with Gasteiger partial charge in [0, 0.05) is 19.8 Å². The molecule has 7 nitrogen and oxygen atoms in total. The van der Waals surface area contributed by atoms with Crippen molar-refractivity contribution in [3.05, 3.63) is 55.7 Å². The van der Waals surface area contributed by atoms with Crippen LogP contribution < -0.4 is 22.3 Å². The molecule has 3 N–H and O–H groups in total. The van der Waals surface area contributed by atoms with Crippen molar-refractivity contribution >= 4 is 17.3 Å². The van der Waals surface area contributed by atoms with E-state index in [4.69, 9.17) is 5.73 Å². The Kier molecular flexibility index (Phi) is 4.64. The molecule has 0 aliphatic heterocycles. The van der Waals surface area contributed by atoms with Crippen molar-refractivity contribution in [2.45, 2.75) is 26.8 Å². The molecular formula is C17H22N4O3. The van der Waals surface area contributed by atoms with Crippen LogP contribution in [0.25, 0.3) is 0 Å². The third-order valence-corrected chi connectivity index (χ3v) is 4.24. The van der Waals surface area contributed by atoms with Gasteiger partial charge in [-0.1, -0.05) is 6.07 Å². The first-order chi connectivity index (χ1) is 11.1. The Morgan fingerprint density at radius 3 is 2.33 bits per heavy atom. The monoisotopic (exact) mass is 330 g/mol. The molecule has 1 heterocycles. The Hall–Kier alpha value is -2.83. The second-order valence-corrected chi connectivity index (χ2v) is 6.00. The number of hydrogen-bond acceptors (Lipinski definition) is 5. The quantitative estimate of drug-likeness (QED) is 0.814. The summed E-state index contributed by atoms with van der Waals surface area (Å²) in [4.78, 5) is 36.8. The van der Waals surface area contributed by atoms with Gasteiger partial charge < -0.3 is 11.1 Å². The topological polar surface area (TPSA) is 99.1 Å². The molecule has 0 spiro atoms. The van der Waals surface area contributed by atoms with Crippen molar-refractivity contribution in [3.63, 3.8) is 0 Å². The van der Waals surface area contributed by atoms with Crippen molar-refractivity contribution in [2.24, 2.45) is 14.1 Å². The smallest absolute Gasteiger partial charge is 0.332 e. The number of carbonyl (C=O) groups excluding carboxylic acids is 1. The number of aromatic nitrogens is 2. The molecule has 0 amide bonds. The molecule has 0 saturated carbocycles. The summed E-state index contributed by atoms with van der Waals surface area (Å²) in [6.07, 6.45) is 0. The predicted octanol–water partition coefficient (Wildman–Crippen LogP) is 0.966. The van der Waals surface area contributed by atoms with E-state index in [0.29, 0.717) is 0 Å². The zero-order valence-corrected chi connectivity index (χ0v) is 14.5. The minimum Gasteiger partial charge on any atom is -0.384 e. The highest BCUT2D eigenvalue weighted by Gasteiger charge is 2.24. The summed E-state index contributed by atoms with van der Waals surface area (Å²) in [6.45, 7) is 5.64. The first kappa shape index (κ1) is 17.5. The minimum atomic E-state index is -0.686. The second-order valence-electron chi connectivity index (χ2n) is 6.00. The number of Topliss-reactive ketones (excluding diaryl/α,β-unsaturated/α-hetero) is 1. The Balaban J connectivity index is 2.40. The van der Waals surface area contributed by atoms with Crippen molar-refractivity contribution in [2.75, 3.05) is 11.1 Å². The molecule has 0 saturated heterocycles. The fraction of sp³-hybridized carbons (Fsp3) is 0.353. The van der Waals surface area contributed by atoms with Crippen LogP contribution in [-0.2, 0) is 14.1 Å². The molecule has 1 atom stereocenters. The van der Waals surface area contributed by atoms with Crippen LogP contribution in [0.2, 0.25) is 0 Å². The van der Waals surface area contributed by atoms with Crippen LogP contribution >= 0.6 is 0 Å². The van der Waals surface area contributed by atoms with Crippen molar-refractivity contribution in [1.82, 2.24) is 9.13 Å². The lowest BCUT2D eigenvalue weighted by molar-refractivity contribution is 0.0973. The van der Waals surface area contributed by atoms with Gasteiger partial charge in [0.1, 0.15) is 11.4 Å². The molecule has 24 heavy (non-hydrogen) atoms. The van der Waals surface area contributed by atoms with Gasteiger partial charge in [-0.3, -0.25) is 18.7 Å². The maximum atomic E-state index is 12.7. The van der Waals surface area contributed by atoms with Gasteiger partial charge in [-0.2, -0.15) is 0 Å². The SMILES string of the molecule is Cc1ccc(NC(C)C(=O)c2c(N)n(C)c(=O)n(C)c2=O)cc1C. The highest BCUT2D eigenvalue weighted by molar-refractivity contribution is 6.04. The molecule has 1 aromatic carbocycles. The van der Waals surface area contributed by atoms with E-state index in [1.165, 1.54) is 14.1 Å². The van der Waals surface area contributed by atoms with Gasteiger partial charge in [-0.15, -0.1) is 0 Å². The van der Waals surface area contributed by atoms with E-state index in [9.17, 15) is 14.4 Å². The molecule has 0 fully saturated rings.